The average Bonchev–Trinajstić information content (AvgIpc) is 2.80. The second-order valence-electron chi connectivity index (χ2n) is 7.22. The van der Waals surface area contributed by atoms with Crippen LogP contribution < -0.4 is 14.5 Å². The van der Waals surface area contributed by atoms with Crippen LogP contribution in [0.1, 0.15) is 30.6 Å². The number of rotatable bonds is 4. The molecule has 8 heteroatoms. The second kappa shape index (κ2) is 8.66. The van der Waals surface area contributed by atoms with E-state index < -0.39 is 12.2 Å². The topological polar surface area (TPSA) is 97.2 Å². The van der Waals surface area contributed by atoms with Gasteiger partial charge in [0.2, 0.25) is 0 Å². The third-order valence-electron chi connectivity index (χ3n) is 5.30. The van der Waals surface area contributed by atoms with Crippen molar-refractivity contribution in [1.29, 1.82) is 0 Å². The van der Waals surface area contributed by atoms with Gasteiger partial charge in [0.1, 0.15) is 24.0 Å². The molecule has 3 heterocycles. The Morgan fingerprint density at radius 2 is 2.03 bits per heavy atom. The van der Waals surface area contributed by atoms with Crippen molar-refractivity contribution < 1.29 is 14.6 Å². The number of nitrogens with one attached hydrogen (secondary N) is 1. The summed E-state index contributed by atoms with van der Waals surface area (Å²) in [5, 5.41) is 13.3. The number of piperazine rings is 1. The number of ether oxygens (including phenoxy) is 1. The van der Waals surface area contributed by atoms with Crippen molar-refractivity contribution in [2.24, 2.45) is 0 Å². The van der Waals surface area contributed by atoms with Crippen molar-refractivity contribution in [2.45, 2.75) is 19.1 Å². The SMILES string of the molecule is C[C@@H](O)c1nccc([C@H]2CNCC[N+]2(C(=O)Oc2cccnc2)c2ccccc2)n1. The lowest BCUT2D eigenvalue weighted by molar-refractivity contribution is 0.118. The molecule has 2 N–H and O–H groups in total. The van der Waals surface area contributed by atoms with Gasteiger partial charge in [0.05, 0.1) is 12.7 Å². The Labute approximate surface area is 174 Å². The van der Waals surface area contributed by atoms with Crippen molar-refractivity contribution in [3.05, 3.63) is 78.6 Å². The summed E-state index contributed by atoms with van der Waals surface area (Å²) in [6.07, 6.45) is 3.56. The van der Waals surface area contributed by atoms with E-state index in [2.05, 4.69) is 20.3 Å². The van der Waals surface area contributed by atoms with Crippen molar-refractivity contribution in [3.8, 4) is 5.75 Å². The summed E-state index contributed by atoms with van der Waals surface area (Å²) in [4.78, 5) is 26.5. The zero-order chi connectivity index (χ0) is 21.0. The predicted octanol–water partition coefficient (Wildman–Crippen LogP) is 2.78. The summed E-state index contributed by atoms with van der Waals surface area (Å²) in [6, 6.07) is 14.5. The van der Waals surface area contributed by atoms with Gasteiger partial charge in [0, 0.05) is 18.9 Å². The van der Waals surface area contributed by atoms with Crippen LogP contribution in [0.15, 0.2) is 67.1 Å². The molecule has 0 aliphatic carbocycles. The standard InChI is InChI=1S/C22H24N5O3/c1-16(28)21-25-11-9-19(26-21)20-15-24-12-13-27(20,17-6-3-2-4-7-17)22(29)30-18-8-5-10-23-14-18/h2-11,14,16,20,24,28H,12-13,15H2,1H3/q+1/t16-,20-,27?/m1/s1. The Morgan fingerprint density at radius 1 is 1.20 bits per heavy atom. The van der Waals surface area contributed by atoms with E-state index in [1.807, 2.05) is 30.3 Å². The second-order valence-corrected chi connectivity index (χ2v) is 7.22. The molecule has 154 valence electrons. The van der Waals surface area contributed by atoms with Crippen LogP contribution in [0.3, 0.4) is 0 Å². The molecule has 30 heavy (non-hydrogen) atoms. The maximum absolute atomic E-state index is 13.7. The molecule has 1 unspecified atom stereocenters. The van der Waals surface area contributed by atoms with Crippen LogP contribution in [-0.2, 0) is 0 Å². The third kappa shape index (κ3) is 3.80. The molecular formula is C22H24N5O3+. The molecular weight excluding hydrogens is 382 g/mol. The van der Waals surface area contributed by atoms with Crippen LogP contribution in [0.2, 0.25) is 0 Å². The molecule has 1 saturated heterocycles. The van der Waals surface area contributed by atoms with Gasteiger partial charge < -0.3 is 15.2 Å². The Hall–Kier alpha value is -3.20. The number of carbonyl (C=O) groups is 1. The van der Waals surface area contributed by atoms with E-state index in [0.29, 0.717) is 36.9 Å². The number of aliphatic hydroxyl groups excluding tert-OH is 1. The quantitative estimate of drug-likeness (QED) is 0.643. The number of para-hydroxylation sites is 1. The van der Waals surface area contributed by atoms with Gasteiger partial charge in [-0.2, -0.15) is 9.28 Å². The highest BCUT2D eigenvalue weighted by Gasteiger charge is 2.51. The van der Waals surface area contributed by atoms with Gasteiger partial charge in [-0.05, 0) is 37.3 Å². The van der Waals surface area contributed by atoms with Crippen LogP contribution in [-0.4, -0.2) is 45.8 Å². The molecule has 2 aromatic heterocycles. The largest absolute Gasteiger partial charge is 0.527 e. The number of hydrogen-bond acceptors (Lipinski definition) is 7. The minimum absolute atomic E-state index is 0.0566. The van der Waals surface area contributed by atoms with E-state index in [-0.39, 0.29) is 10.5 Å². The molecule has 3 atom stereocenters. The Bertz CT molecular complexity index is 1000. The van der Waals surface area contributed by atoms with Crippen molar-refractivity contribution in [3.63, 3.8) is 0 Å². The van der Waals surface area contributed by atoms with Crippen LogP contribution in [0.5, 0.6) is 5.75 Å². The lowest BCUT2D eigenvalue weighted by Gasteiger charge is -2.43. The van der Waals surface area contributed by atoms with Gasteiger partial charge in [0.15, 0.2) is 17.6 Å². The van der Waals surface area contributed by atoms with Crippen LogP contribution in [0.4, 0.5) is 10.5 Å². The minimum Gasteiger partial charge on any atom is -0.385 e. The monoisotopic (exact) mass is 406 g/mol. The highest BCUT2D eigenvalue weighted by atomic mass is 16.6. The van der Waals surface area contributed by atoms with E-state index >= 15 is 0 Å². The summed E-state index contributed by atoms with van der Waals surface area (Å²) in [5.74, 6) is 0.713. The molecule has 0 bridgehead atoms. The molecule has 1 aliphatic rings. The molecule has 0 saturated carbocycles. The molecule has 8 nitrogen and oxygen atoms in total. The Balaban J connectivity index is 1.82. The predicted molar refractivity (Wildman–Crippen MR) is 112 cm³/mol. The van der Waals surface area contributed by atoms with Gasteiger partial charge in [-0.1, -0.05) is 18.2 Å². The Kier molecular flexibility index (Phi) is 5.80. The van der Waals surface area contributed by atoms with Gasteiger partial charge in [0.25, 0.3) is 0 Å². The maximum atomic E-state index is 13.7. The van der Waals surface area contributed by atoms with Crippen LogP contribution in [0.25, 0.3) is 0 Å². The van der Waals surface area contributed by atoms with E-state index in [9.17, 15) is 9.90 Å². The zero-order valence-corrected chi connectivity index (χ0v) is 16.7. The van der Waals surface area contributed by atoms with Gasteiger partial charge in [-0.25, -0.2) is 9.97 Å². The first-order valence-electron chi connectivity index (χ1n) is 9.88. The highest BCUT2D eigenvalue weighted by Crippen LogP contribution is 2.37. The van der Waals surface area contributed by atoms with E-state index in [1.54, 1.807) is 37.5 Å². The van der Waals surface area contributed by atoms with E-state index in [0.717, 1.165) is 5.69 Å². The number of amides is 1. The lowest BCUT2D eigenvalue weighted by Crippen LogP contribution is -2.65. The molecule has 1 aromatic carbocycles. The van der Waals surface area contributed by atoms with Gasteiger partial charge >= 0.3 is 6.09 Å². The molecule has 0 radical (unpaired) electrons. The smallest absolute Gasteiger partial charge is 0.385 e. The first-order chi connectivity index (χ1) is 14.6. The summed E-state index contributed by atoms with van der Waals surface area (Å²) in [7, 11) is 0. The summed E-state index contributed by atoms with van der Waals surface area (Å²) in [5.41, 5.74) is 1.48. The first kappa shape index (κ1) is 20.1. The van der Waals surface area contributed by atoms with E-state index in [1.165, 1.54) is 6.20 Å². The fourth-order valence-electron chi connectivity index (χ4n) is 3.83. The van der Waals surface area contributed by atoms with Gasteiger partial charge in [-0.3, -0.25) is 4.98 Å². The fourth-order valence-corrected chi connectivity index (χ4v) is 3.83. The fraction of sp³-hybridized carbons (Fsp3) is 0.273. The maximum Gasteiger partial charge on any atom is 0.527 e. The van der Waals surface area contributed by atoms with Crippen molar-refractivity contribution in [1.82, 2.24) is 24.8 Å². The molecule has 1 aliphatic heterocycles. The minimum atomic E-state index is -0.803. The molecule has 3 aromatic rings. The summed E-state index contributed by atoms with van der Waals surface area (Å²) >= 11 is 0. The number of quaternary nitrogens is 1. The molecule has 0 spiro atoms. The van der Waals surface area contributed by atoms with E-state index in [4.69, 9.17) is 4.74 Å². The average molecular weight is 406 g/mol. The third-order valence-corrected chi connectivity index (χ3v) is 5.30. The number of nitrogens with zero attached hydrogens (tertiary/aromatic N) is 4. The number of aromatic nitrogens is 3. The number of hydrogen-bond donors (Lipinski definition) is 2. The first-order valence-corrected chi connectivity index (χ1v) is 9.88. The van der Waals surface area contributed by atoms with Crippen LogP contribution in [0, 0.1) is 0 Å². The molecule has 1 amide bonds. The van der Waals surface area contributed by atoms with Crippen molar-refractivity contribution >= 4 is 11.8 Å². The summed E-state index contributed by atoms with van der Waals surface area (Å²) < 4.78 is 5.73. The number of benzene rings is 1. The normalized spacial score (nSPS) is 22.3. The lowest BCUT2D eigenvalue weighted by atomic mass is 10.0. The van der Waals surface area contributed by atoms with Crippen molar-refractivity contribution in [2.75, 3.05) is 19.6 Å². The Morgan fingerprint density at radius 3 is 2.77 bits per heavy atom. The zero-order valence-electron chi connectivity index (χ0n) is 16.7. The highest BCUT2D eigenvalue weighted by molar-refractivity contribution is 5.85. The van der Waals surface area contributed by atoms with Crippen LogP contribution >= 0.6 is 0 Å². The van der Waals surface area contributed by atoms with Gasteiger partial charge in [-0.15, -0.1) is 0 Å². The number of aliphatic hydroxyl groups is 1. The molecule has 4 rings (SSSR count). The summed E-state index contributed by atoms with van der Waals surface area (Å²) in [6.45, 7) is 3.27. The number of carbonyl (C=O) groups excluding carboxylic acids is 1. The molecule has 1 fully saturated rings. The number of pyridine rings is 1.